The van der Waals surface area contributed by atoms with Crippen molar-refractivity contribution in [2.24, 2.45) is 0 Å². The van der Waals surface area contributed by atoms with Gasteiger partial charge in [-0.15, -0.1) is 11.6 Å². The number of rotatable bonds is 8. The minimum absolute atomic E-state index is 0.0209. The number of alkyl halides is 1. The van der Waals surface area contributed by atoms with E-state index < -0.39 is 0 Å². The number of hydrogen-bond donors (Lipinski definition) is 0. The van der Waals surface area contributed by atoms with E-state index in [0.29, 0.717) is 5.57 Å². The van der Waals surface area contributed by atoms with Gasteiger partial charge in [0.25, 0.3) is 0 Å². The van der Waals surface area contributed by atoms with Gasteiger partial charge in [-0.05, 0) is 18.9 Å². The van der Waals surface area contributed by atoms with Gasteiger partial charge in [0.2, 0.25) is 0 Å². The van der Waals surface area contributed by atoms with Gasteiger partial charge >= 0.3 is 5.97 Å². The first-order valence-electron chi connectivity index (χ1n) is 6.25. The molecular formula is C13H21ClO2. The Kier molecular flexibility index (Phi) is 6.55. The molecule has 0 aromatic rings. The second kappa shape index (κ2) is 7.72. The maximum Gasteiger partial charge on any atom is 0.335 e. The van der Waals surface area contributed by atoms with Crippen molar-refractivity contribution in [1.29, 1.82) is 0 Å². The van der Waals surface area contributed by atoms with Crippen LogP contribution in [0.2, 0.25) is 0 Å². The fraction of sp³-hybridized carbons (Fsp3) is 0.769. The van der Waals surface area contributed by atoms with Gasteiger partial charge in [0.05, 0.1) is 11.5 Å². The average Bonchev–Trinajstić information content (AvgIpc) is 2.64. The minimum atomic E-state index is -0.231. The highest BCUT2D eigenvalue weighted by Gasteiger charge is 2.23. The average molecular weight is 245 g/mol. The van der Waals surface area contributed by atoms with Gasteiger partial charge in [0.1, 0.15) is 6.10 Å². The Hall–Kier alpha value is -0.500. The molecule has 0 bridgehead atoms. The molecule has 0 aliphatic carbocycles. The van der Waals surface area contributed by atoms with E-state index in [4.69, 9.17) is 16.3 Å². The number of ether oxygens (including phenoxy) is 1. The molecule has 1 atom stereocenters. The highest BCUT2D eigenvalue weighted by Crippen LogP contribution is 2.20. The Balaban J connectivity index is 2.06. The molecule has 0 aromatic carbocycles. The summed E-state index contributed by atoms with van der Waals surface area (Å²) in [6, 6.07) is 0. The van der Waals surface area contributed by atoms with E-state index in [2.05, 4.69) is 6.92 Å². The van der Waals surface area contributed by atoms with Crippen molar-refractivity contribution >= 4 is 17.6 Å². The highest BCUT2D eigenvalue weighted by atomic mass is 35.5. The van der Waals surface area contributed by atoms with E-state index in [9.17, 15) is 4.79 Å². The van der Waals surface area contributed by atoms with Crippen molar-refractivity contribution in [2.75, 3.05) is 5.88 Å². The molecule has 3 heteroatoms. The summed E-state index contributed by atoms with van der Waals surface area (Å²) in [6.07, 6.45) is 10.4. The third-order valence-electron chi connectivity index (χ3n) is 2.89. The molecule has 0 amide bonds. The summed E-state index contributed by atoms with van der Waals surface area (Å²) in [4.78, 5) is 11.2. The molecule has 0 radical (unpaired) electrons. The van der Waals surface area contributed by atoms with Crippen molar-refractivity contribution in [3.05, 3.63) is 11.6 Å². The lowest BCUT2D eigenvalue weighted by Gasteiger charge is -2.07. The van der Waals surface area contributed by atoms with E-state index >= 15 is 0 Å². The van der Waals surface area contributed by atoms with Crippen molar-refractivity contribution < 1.29 is 9.53 Å². The molecule has 1 aliphatic heterocycles. The van der Waals surface area contributed by atoms with E-state index in [0.717, 1.165) is 12.8 Å². The summed E-state index contributed by atoms with van der Waals surface area (Å²) in [7, 11) is 0. The molecule has 1 unspecified atom stereocenters. The molecule has 0 fully saturated rings. The molecule has 16 heavy (non-hydrogen) atoms. The molecule has 1 heterocycles. The third kappa shape index (κ3) is 4.56. The van der Waals surface area contributed by atoms with Crippen molar-refractivity contribution in [3.8, 4) is 0 Å². The highest BCUT2D eigenvalue weighted by molar-refractivity contribution is 6.22. The van der Waals surface area contributed by atoms with Gasteiger partial charge in [-0.2, -0.15) is 0 Å². The standard InChI is InChI=1S/C13H21ClO2/c1-2-3-4-5-6-7-8-12-9-11(10-14)13(15)16-12/h9,12H,2-8,10H2,1H3. The van der Waals surface area contributed by atoms with E-state index in [1.54, 1.807) is 0 Å². The number of carbonyl (C=O) groups is 1. The molecule has 0 N–H and O–H groups in total. The number of unbranched alkanes of at least 4 members (excludes halogenated alkanes) is 5. The number of carbonyl (C=O) groups excluding carboxylic acids is 1. The molecule has 0 saturated carbocycles. The summed E-state index contributed by atoms with van der Waals surface area (Å²) < 4.78 is 5.18. The predicted octanol–water partition coefficient (Wildman–Crippen LogP) is 3.83. The lowest BCUT2D eigenvalue weighted by atomic mass is 10.1. The van der Waals surface area contributed by atoms with Crippen LogP contribution < -0.4 is 0 Å². The topological polar surface area (TPSA) is 26.3 Å². The first-order chi connectivity index (χ1) is 7.77. The van der Waals surface area contributed by atoms with Crippen LogP contribution in [0.15, 0.2) is 11.6 Å². The van der Waals surface area contributed by atoms with Crippen LogP contribution in [0.25, 0.3) is 0 Å². The molecule has 0 saturated heterocycles. The van der Waals surface area contributed by atoms with Crippen molar-refractivity contribution in [3.63, 3.8) is 0 Å². The largest absolute Gasteiger partial charge is 0.455 e. The summed E-state index contributed by atoms with van der Waals surface area (Å²) >= 11 is 5.62. The van der Waals surface area contributed by atoms with Gasteiger partial charge in [-0.3, -0.25) is 0 Å². The molecule has 92 valence electrons. The van der Waals surface area contributed by atoms with Gasteiger partial charge in [0, 0.05) is 0 Å². The third-order valence-corrected chi connectivity index (χ3v) is 3.18. The Labute approximate surface area is 103 Å². The van der Waals surface area contributed by atoms with Gasteiger partial charge in [0.15, 0.2) is 0 Å². The normalized spacial score (nSPS) is 19.8. The lowest BCUT2D eigenvalue weighted by molar-refractivity contribution is -0.139. The SMILES string of the molecule is CCCCCCCCC1C=C(CCl)C(=O)O1. The zero-order chi connectivity index (χ0) is 11.8. The Morgan fingerprint density at radius 1 is 1.25 bits per heavy atom. The maximum atomic E-state index is 11.2. The van der Waals surface area contributed by atoms with E-state index in [1.807, 2.05) is 6.08 Å². The smallest absolute Gasteiger partial charge is 0.335 e. The van der Waals surface area contributed by atoms with Crippen LogP contribution in [-0.4, -0.2) is 18.0 Å². The molecule has 1 rings (SSSR count). The van der Waals surface area contributed by atoms with Crippen LogP contribution in [0.4, 0.5) is 0 Å². The number of cyclic esters (lactones) is 1. The first-order valence-corrected chi connectivity index (χ1v) is 6.79. The van der Waals surface area contributed by atoms with Gasteiger partial charge < -0.3 is 4.74 Å². The van der Waals surface area contributed by atoms with Crippen LogP contribution in [0.5, 0.6) is 0 Å². The quantitative estimate of drug-likeness (QED) is 0.369. The van der Waals surface area contributed by atoms with Gasteiger partial charge in [-0.25, -0.2) is 4.79 Å². The monoisotopic (exact) mass is 244 g/mol. The molecule has 1 aliphatic rings. The summed E-state index contributed by atoms with van der Waals surface area (Å²) in [6.45, 7) is 2.22. The zero-order valence-corrected chi connectivity index (χ0v) is 10.8. The second-order valence-corrected chi connectivity index (χ2v) is 4.59. The molecule has 0 spiro atoms. The number of halogens is 1. The second-order valence-electron chi connectivity index (χ2n) is 4.33. The minimum Gasteiger partial charge on any atom is -0.455 e. The fourth-order valence-electron chi connectivity index (χ4n) is 1.91. The summed E-state index contributed by atoms with van der Waals surface area (Å²) in [5.41, 5.74) is 0.623. The first kappa shape index (κ1) is 13.6. The summed E-state index contributed by atoms with van der Waals surface area (Å²) in [5.74, 6) is 0.0391. The van der Waals surface area contributed by atoms with Crippen LogP contribution in [0.1, 0.15) is 51.9 Å². The molecule has 0 aromatic heterocycles. The van der Waals surface area contributed by atoms with Crippen molar-refractivity contribution in [1.82, 2.24) is 0 Å². The Bertz CT molecular complexity index is 248. The van der Waals surface area contributed by atoms with Crippen LogP contribution >= 0.6 is 11.6 Å². The van der Waals surface area contributed by atoms with Crippen LogP contribution in [0, 0.1) is 0 Å². The van der Waals surface area contributed by atoms with Gasteiger partial charge in [-0.1, -0.05) is 39.0 Å². The van der Waals surface area contributed by atoms with Crippen LogP contribution in [0.3, 0.4) is 0 Å². The Morgan fingerprint density at radius 2 is 1.94 bits per heavy atom. The Morgan fingerprint density at radius 3 is 2.56 bits per heavy atom. The number of esters is 1. The molecule has 2 nitrogen and oxygen atoms in total. The summed E-state index contributed by atoms with van der Waals surface area (Å²) in [5, 5.41) is 0. The predicted molar refractivity (Wildman–Crippen MR) is 66.7 cm³/mol. The molecular weight excluding hydrogens is 224 g/mol. The lowest BCUT2D eigenvalue weighted by Crippen LogP contribution is -2.08. The number of hydrogen-bond acceptors (Lipinski definition) is 2. The van der Waals surface area contributed by atoms with Crippen molar-refractivity contribution in [2.45, 2.75) is 58.0 Å². The maximum absolute atomic E-state index is 11.2. The van der Waals surface area contributed by atoms with E-state index in [1.165, 1.54) is 32.1 Å². The zero-order valence-electron chi connectivity index (χ0n) is 10.0. The van der Waals surface area contributed by atoms with Crippen LogP contribution in [-0.2, 0) is 9.53 Å². The fourth-order valence-corrected chi connectivity index (χ4v) is 2.11. The van der Waals surface area contributed by atoms with E-state index in [-0.39, 0.29) is 18.0 Å².